The van der Waals surface area contributed by atoms with Gasteiger partial charge in [0.25, 0.3) is 16.5 Å². The van der Waals surface area contributed by atoms with Gasteiger partial charge in [0.1, 0.15) is 13.2 Å². The van der Waals surface area contributed by atoms with Gasteiger partial charge in [-0.2, -0.15) is 0 Å². The normalized spacial score (nSPS) is 11.9. The molecule has 0 amide bonds. The fourth-order valence-corrected chi connectivity index (χ4v) is 3.46. The van der Waals surface area contributed by atoms with Crippen LogP contribution in [0.2, 0.25) is 0 Å². The summed E-state index contributed by atoms with van der Waals surface area (Å²) in [5.74, 6) is 0. The minimum Gasteiger partial charge on any atom is -0.430 e. The van der Waals surface area contributed by atoms with Crippen LogP contribution in [0.3, 0.4) is 0 Å². The van der Waals surface area contributed by atoms with Crippen molar-refractivity contribution in [3.63, 3.8) is 0 Å². The summed E-state index contributed by atoms with van der Waals surface area (Å²) in [5.41, 5.74) is 1.67. The quantitative estimate of drug-likeness (QED) is 0.143. The number of benzene rings is 2. The number of nitrogens with zero attached hydrogens (tertiary/aromatic N) is 2. The van der Waals surface area contributed by atoms with Gasteiger partial charge in [-0.25, -0.2) is 13.2 Å². The first-order chi connectivity index (χ1) is 16.5. The summed E-state index contributed by atoms with van der Waals surface area (Å²) >= 11 is 0. The Kier molecular flexibility index (Phi) is 9.48. The molecule has 0 fully saturated rings. The summed E-state index contributed by atoms with van der Waals surface area (Å²) in [6.07, 6.45) is -2.47. The van der Waals surface area contributed by atoms with E-state index in [1.54, 1.807) is 30.3 Å². The number of hydrogen-bond acceptors (Lipinski definition) is 12. The third-order valence-corrected chi connectivity index (χ3v) is 5.48. The zero-order valence-electron chi connectivity index (χ0n) is 18.1. The van der Waals surface area contributed by atoms with Crippen molar-refractivity contribution in [2.75, 3.05) is 26.1 Å². The Balaban J connectivity index is 2.26. The fourth-order valence-electron chi connectivity index (χ4n) is 2.83. The zero-order valence-corrected chi connectivity index (χ0v) is 19.0. The summed E-state index contributed by atoms with van der Waals surface area (Å²) in [5, 5.41) is 28.0. The predicted octanol–water partition coefficient (Wildman–Crippen LogP) is 1.89. The number of rotatable bonds is 12. The Hall–Kier alpha value is -4.24. The lowest BCUT2D eigenvalue weighted by Gasteiger charge is -2.16. The molecule has 0 atom stereocenters. The van der Waals surface area contributed by atoms with Crippen LogP contribution in [-0.2, 0) is 29.0 Å². The molecule has 15 heteroatoms. The SMILES string of the molecule is CS(=O)(=O)c1ccc(/C(COC(=O)OCC(O[N+](=O)[O-])O[N+](=O)[O-])=C(/CO)c2ccccc2)cc1. The van der Waals surface area contributed by atoms with Gasteiger partial charge in [-0.15, -0.1) is 20.2 Å². The van der Waals surface area contributed by atoms with Crippen LogP contribution >= 0.6 is 0 Å². The highest BCUT2D eigenvalue weighted by molar-refractivity contribution is 7.90. The standard InChI is InChI=1S/C20H20N2O12S/c1-35(29,30)16-9-7-15(8-10-16)18(17(11-23)14-5-3-2-4-6-14)12-31-20(24)32-13-19(33-21(25)26)34-22(27)28/h2-10,19,23H,11-13H2,1H3/b18-17-. The van der Waals surface area contributed by atoms with Crippen LogP contribution in [0.4, 0.5) is 4.79 Å². The van der Waals surface area contributed by atoms with Crippen LogP contribution in [0.5, 0.6) is 0 Å². The van der Waals surface area contributed by atoms with Gasteiger partial charge in [-0.3, -0.25) is 9.68 Å². The number of aliphatic hydroxyl groups excluding tert-OH is 1. The van der Waals surface area contributed by atoms with Crippen LogP contribution in [0.15, 0.2) is 59.5 Å². The van der Waals surface area contributed by atoms with Gasteiger partial charge in [0, 0.05) is 11.8 Å². The molecular formula is C20H20N2O12S. The van der Waals surface area contributed by atoms with Gasteiger partial charge in [0.15, 0.2) is 9.84 Å². The number of aliphatic hydroxyl groups is 1. The minimum absolute atomic E-state index is 0.0498. The van der Waals surface area contributed by atoms with Crippen LogP contribution in [0.1, 0.15) is 11.1 Å². The molecule has 1 N–H and O–H groups in total. The van der Waals surface area contributed by atoms with Gasteiger partial charge in [-0.1, -0.05) is 42.5 Å². The van der Waals surface area contributed by atoms with Crippen molar-refractivity contribution in [2.45, 2.75) is 11.2 Å². The molecule has 2 aromatic carbocycles. The van der Waals surface area contributed by atoms with Crippen molar-refractivity contribution >= 4 is 27.1 Å². The minimum atomic E-state index is -3.47. The maximum absolute atomic E-state index is 12.0. The lowest BCUT2D eigenvalue weighted by Crippen LogP contribution is -2.30. The summed E-state index contributed by atoms with van der Waals surface area (Å²) in [6, 6.07) is 14.2. The molecule has 2 aromatic rings. The van der Waals surface area contributed by atoms with E-state index in [9.17, 15) is 38.5 Å². The zero-order chi connectivity index (χ0) is 26.0. The molecule has 0 spiro atoms. The van der Waals surface area contributed by atoms with Crippen molar-refractivity contribution in [2.24, 2.45) is 0 Å². The molecular weight excluding hydrogens is 492 g/mol. The van der Waals surface area contributed by atoms with Crippen molar-refractivity contribution in [1.82, 2.24) is 0 Å². The van der Waals surface area contributed by atoms with E-state index < -0.39 is 52.3 Å². The largest absolute Gasteiger partial charge is 0.508 e. The average Bonchev–Trinajstić information content (AvgIpc) is 2.79. The van der Waals surface area contributed by atoms with E-state index in [-0.39, 0.29) is 4.90 Å². The first kappa shape index (κ1) is 27.0. The third-order valence-electron chi connectivity index (χ3n) is 4.35. The lowest BCUT2D eigenvalue weighted by atomic mass is 9.95. The molecule has 0 radical (unpaired) electrons. The number of carbonyl (C=O) groups is 1. The van der Waals surface area contributed by atoms with Crippen molar-refractivity contribution in [1.29, 1.82) is 0 Å². The highest BCUT2D eigenvalue weighted by Gasteiger charge is 2.22. The number of ether oxygens (including phenoxy) is 2. The Bertz CT molecular complexity index is 1160. The predicted molar refractivity (Wildman–Crippen MR) is 117 cm³/mol. The van der Waals surface area contributed by atoms with E-state index in [0.717, 1.165) is 6.26 Å². The molecule has 0 aliphatic rings. The van der Waals surface area contributed by atoms with E-state index in [4.69, 9.17) is 4.74 Å². The van der Waals surface area contributed by atoms with Gasteiger partial charge >= 0.3 is 6.16 Å². The first-order valence-corrected chi connectivity index (χ1v) is 11.5. The Morgan fingerprint density at radius 2 is 1.46 bits per heavy atom. The molecule has 0 unspecified atom stereocenters. The third kappa shape index (κ3) is 8.56. The van der Waals surface area contributed by atoms with Crippen molar-refractivity contribution in [3.8, 4) is 0 Å². The van der Waals surface area contributed by atoms with Crippen LogP contribution in [-0.4, -0.2) is 62.2 Å². The lowest BCUT2D eigenvalue weighted by molar-refractivity contribution is -0.851. The summed E-state index contributed by atoms with van der Waals surface area (Å²) < 4.78 is 33.1. The van der Waals surface area contributed by atoms with E-state index >= 15 is 0 Å². The van der Waals surface area contributed by atoms with Gasteiger partial charge in [0.2, 0.25) is 0 Å². The van der Waals surface area contributed by atoms with Gasteiger partial charge in [-0.05, 0) is 28.8 Å². The van der Waals surface area contributed by atoms with E-state index in [1.165, 1.54) is 24.3 Å². The van der Waals surface area contributed by atoms with Gasteiger partial charge in [0.05, 0.1) is 11.5 Å². The van der Waals surface area contributed by atoms with E-state index in [1.807, 2.05) is 0 Å². The molecule has 0 aliphatic carbocycles. The van der Waals surface area contributed by atoms with E-state index in [0.29, 0.717) is 22.3 Å². The summed E-state index contributed by atoms with van der Waals surface area (Å²) in [6.45, 7) is -1.98. The second-order valence-corrected chi connectivity index (χ2v) is 8.73. The Morgan fingerprint density at radius 3 is 1.94 bits per heavy atom. The average molecular weight is 512 g/mol. The number of hydrogen-bond donors (Lipinski definition) is 1. The first-order valence-electron chi connectivity index (χ1n) is 9.62. The summed E-state index contributed by atoms with van der Waals surface area (Å²) in [7, 11) is -3.47. The molecule has 35 heavy (non-hydrogen) atoms. The number of carbonyl (C=O) groups excluding carboxylic acids is 1. The molecule has 0 saturated heterocycles. The summed E-state index contributed by atoms with van der Waals surface area (Å²) in [4.78, 5) is 40.6. The molecule has 14 nitrogen and oxygen atoms in total. The van der Waals surface area contributed by atoms with E-state index in [2.05, 4.69) is 14.4 Å². The monoisotopic (exact) mass is 512 g/mol. The van der Waals surface area contributed by atoms with Crippen molar-refractivity contribution in [3.05, 3.63) is 86.0 Å². The highest BCUT2D eigenvalue weighted by atomic mass is 32.2. The van der Waals surface area contributed by atoms with Crippen LogP contribution in [0, 0.1) is 20.2 Å². The highest BCUT2D eigenvalue weighted by Crippen LogP contribution is 2.27. The molecule has 2 rings (SSSR count). The molecule has 0 aromatic heterocycles. The van der Waals surface area contributed by atoms with Crippen LogP contribution in [0.25, 0.3) is 11.1 Å². The topological polar surface area (TPSA) is 195 Å². The molecule has 0 heterocycles. The van der Waals surface area contributed by atoms with Crippen molar-refractivity contribution < 1.29 is 47.6 Å². The van der Waals surface area contributed by atoms with Gasteiger partial charge < -0.3 is 14.6 Å². The molecule has 0 aliphatic heterocycles. The Labute approximate surface area is 198 Å². The molecule has 188 valence electrons. The second-order valence-electron chi connectivity index (χ2n) is 6.72. The Morgan fingerprint density at radius 1 is 0.914 bits per heavy atom. The van der Waals surface area contributed by atoms with Crippen LogP contribution < -0.4 is 0 Å². The number of sulfone groups is 1. The smallest absolute Gasteiger partial charge is 0.430 e. The maximum atomic E-state index is 12.0. The molecule has 0 bridgehead atoms. The maximum Gasteiger partial charge on any atom is 0.508 e. The second kappa shape index (κ2) is 12.3. The fraction of sp³-hybridized carbons (Fsp3) is 0.250. The molecule has 0 saturated carbocycles.